The second-order valence-electron chi connectivity index (χ2n) is 4.54. The van der Waals surface area contributed by atoms with Crippen molar-refractivity contribution in [2.24, 2.45) is 5.92 Å². The molecule has 1 aromatic carbocycles. The minimum absolute atomic E-state index is 0.0385. The number of carbonyl (C=O) groups excluding carboxylic acids is 1. The highest BCUT2D eigenvalue weighted by Crippen LogP contribution is 2.28. The molecular weight excluding hydrogens is 298 g/mol. The van der Waals surface area contributed by atoms with Crippen LogP contribution in [0.5, 0.6) is 0 Å². The molecule has 0 saturated carbocycles. The number of rotatable bonds is 4. The van der Waals surface area contributed by atoms with Gasteiger partial charge in [0, 0.05) is 17.9 Å². The maximum absolute atomic E-state index is 11.9. The molecule has 2 aromatic rings. The maximum atomic E-state index is 11.9. The number of carbonyl (C=O) groups is 1. The molecule has 2 N–H and O–H groups in total. The Morgan fingerprint density at radius 1 is 1.50 bits per heavy atom. The zero-order chi connectivity index (χ0) is 13.9. The van der Waals surface area contributed by atoms with Crippen LogP contribution in [0.15, 0.2) is 18.2 Å². The first-order chi connectivity index (χ1) is 9.72. The summed E-state index contributed by atoms with van der Waals surface area (Å²) in [6.07, 6.45) is 0.545. The van der Waals surface area contributed by atoms with Crippen molar-refractivity contribution < 1.29 is 4.79 Å². The fourth-order valence-corrected chi connectivity index (χ4v) is 2.86. The number of anilines is 1. The van der Waals surface area contributed by atoms with Gasteiger partial charge in [-0.15, -0.1) is 10.2 Å². The molecule has 8 heteroatoms. The topological polar surface area (TPSA) is 83.6 Å². The molecule has 1 aliphatic heterocycles. The van der Waals surface area contributed by atoms with Crippen LogP contribution < -0.4 is 5.32 Å². The van der Waals surface area contributed by atoms with E-state index in [1.165, 1.54) is 0 Å². The van der Waals surface area contributed by atoms with Gasteiger partial charge in [0.05, 0.1) is 16.6 Å². The fourth-order valence-electron chi connectivity index (χ4n) is 1.83. The molecule has 1 aromatic heterocycles. The third-order valence-electron chi connectivity index (χ3n) is 3.05. The van der Waals surface area contributed by atoms with Crippen molar-refractivity contribution in [3.05, 3.63) is 34.6 Å². The normalized spacial score (nSPS) is 14.8. The van der Waals surface area contributed by atoms with Gasteiger partial charge in [-0.05, 0) is 17.7 Å². The Kier molecular flexibility index (Phi) is 3.88. The van der Waals surface area contributed by atoms with Crippen molar-refractivity contribution in [3.8, 4) is 0 Å². The van der Waals surface area contributed by atoms with E-state index in [1.807, 2.05) is 18.2 Å². The summed E-state index contributed by atoms with van der Waals surface area (Å²) in [5.41, 5.74) is 1.61. The molecule has 0 atom stereocenters. The number of thioether (sulfide) groups is 1. The number of aromatic nitrogens is 4. The third kappa shape index (κ3) is 2.94. The monoisotopic (exact) mass is 309 g/mol. The van der Waals surface area contributed by atoms with Gasteiger partial charge in [0.2, 0.25) is 5.91 Å². The number of benzene rings is 1. The Hall–Kier alpha value is -1.60. The average Bonchev–Trinajstić information content (AvgIpc) is 2.83. The highest BCUT2D eigenvalue weighted by molar-refractivity contribution is 8.00. The summed E-state index contributed by atoms with van der Waals surface area (Å²) in [7, 11) is 0. The van der Waals surface area contributed by atoms with Crippen LogP contribution in [-0.4, -0.2) is 38.0 Å². The minimum Gasteiger partial charge on any atom is -0.324 e. The van der Waals surface area contributed by atoms with E-state index in [9.17, 15) is 4.79 Å². The van der Waals surface area contributed by atoms with Gasteiger partial charge in [0.15, 0.2) is 5.82 Å². The Bertz CT molecular complexity index is 614. The molecule has 0 radical (unpaired) electrons. The number of hydrogen-bond donors (Lipinski definition) is 2. The van der Waals surface area contributed by atoms with E-state index in [2.05, 4.69) is 25.9 Å². The first kappa shape index (κ1) is 13.4. The molecule has 1 amide bonds. The first-order valence-corrected chi connectivity index (χ1v) is 7.65. The van der Waals surface area contributed by atoms with Crippen molar-refractivity contribution in [2.75, 3.05) is 16.8 Å². The van der Waals surface area contributed by atoms with Crippen LogP contribution in [0.4, 0.5) is 5.69 Å². The van der Waals surface area contributed by atoms with E-state index in [4.69, 9.17) is 11.6 Å². The predicted molar refractivity (Wildman–Crippen MR) is 77.9 cm³/mol. The number of hydrogen-bond acceptors (Lipinski definition) is 5. The number of nitrogens with one attached hydrogen (secondary N) is 2. The summed E-state index contributed by atoms with van der Waals surface area (Å²) in [4.78, 5) is 11.9. The van der Waals surface area contributed by atoms with Crippen LogP contribution in [0.1, 0.15) is 11.4 Å². The van der Waals surface area contributed by atoms with E-state index >= 15 is 0 Å². The number of H-pyrrole nitrogens is 1. The predicted octanol–water partition coefficient (Wildman–Crippen LogP) is 1.75. The van der Waals surface area contributed by atoms with Gasteiger partial charge < -0.3 is 5.32 Å². The summed E-state index contributed by atoms with van der Waals surface area (Å²) in [6.45, 7) is 0. The molecule has 0 aliphatic carbocycles. The van der Waals surface area contributed by atoms with Crippen molar-refractivity contribution in [3.63, 3.8) is 0 Å². The van der Waals surface area contributed by atoms with E-state index < -0.39 is 0 Å². The zero-order valence-electron chi connectivity index (χ0n) is 10.5. The van der Waals surface area contributed by atoms with Gasteiger partial charge in [-0.3, -0.25) is 4.79 Å². The Labute approximate surface area is 124 Å². The second-order valence-corrected chi connectivity index (χ2v) is 6.02. The van der Waals surface area contributed by atoms with Crippen LogP contribution in [0.2, 0.25) is 5.02 Å². The first-order valence-electron chi connectivity index (χ1n) is 6.12. The number of aromatic amines is 1. The van der Waals surface area contributed by atoms with Crippen molar-refractivity contribution in [1.29, 1.82) is 0 Å². The summed E-state index contributed by atoms with van der Waals surface area (Å²) in [6, 6.07) is 5.51. The van der Waals surface area contributed by atoms with Crippen LogP contribution in [0, 0.1) is 5.92 Å². The van der Waals surface area contributed by atoms with Crippen LogP contribution in [0.25, 0.3) is 0 Å². The smallest absolute Gasteiger partial charge is 0.229 e. The lowest BCUT2D eigenvalue weighted by Gasteiger charge is -2.23. The van der Waals surface area contributed by atoms with Gasteiger partial charge in [-0.2, -0.15) is 17.0 Å². The molecule has 6 nitrogen and oxygen atoms in total. The molecule has 0 spiro atoms. The van der Waals surface area contributed by atoms with Gasteiger partial charge in [0.25, 0.3) is 0 Å². The second kappa shape index (κ2) is 5.80. The number of nitrogens with zero attached hydrogens (tertiary/aromatic N) is 3. The third-order valence-corrected chi connectivity index (χ3v) is 4.64. The van der Waals surface area contributed by atoms with Crippen LogP contribution in [0.3, 0.4) is 0 Å². The summed E-state index contributed by atoms with van der Waals surface area (Å²) >= 11 is 7.97. The standard InChI is InChI=1S/C12H12ClN5OS/c13-9-3-7(4-11-15-17-18-16-11)1-2-10(9)14-12(19)8-5-20-6-8/h1-3,8H,4-6H2,(H,14,19)(H,15,16,17,18). The van der Waals surface area contributed by atoms with E-state index in [0.29, 0.717) is 23.0 Å². The van der Waals surface area contributed by atoms with Crippen molar-refractivity contribution in [1.82, 2.24) is 20.6 Å². The van der Waals surface area contributed by atoms with Gasteiger partial charge >= 0.3 is 0 Å². The fraction of sp³-hybridized carbons (Fsp3) is 0.333. The highest BCUT2D eigenvalue weighted by atomic mass is 35.5. The molecule has 2 heterocycles. The molecule has 1 fully saturated rings. The highest BCUT2D eigenvalue weighted by Gasteiger charge is 2.26. The number of tetrazole rings is 1. The summed E-state index contributed by atoms with van der Waals surface area (Å²) < 4.78 is 0. The molecule has 3 rings (SSSR count). The lowest BCUT2D eigenvalue weighted by molar-refractivity contribution is -0.118. The molecule has 1 saturated heterocycles. The maximum Gasteiger partial charge on any atom is 0.229 e. The largest absolute Gasteiger partial charge is 0.324 e. The molecule has 0 bridgehead atoms. The average molecular weight is 310 g/mol. The Morgan fingerprint density at radius 2 is 2.35 bits per heavy atom. The lowest BCUT2D eigenvalue weighted by atomic mass is 10.1. The van der Waals surface area contributed by atoms with Crippen molar-refractivity contribution >= 4 is 35.0 Å². The Balaban J connectivity index is 1.68. The van der Waals surface area contributed by atoms with Crippen LogP contribution >= 0.6 is 23.4 Å². The molecule has 0 unspecified atom stereocenters. The molecule has 104 valence electrons. The van der Waals surface area contributed by atoms with E-state index in [0.717, 1.165) is 17.1 Å². The molecule has 20 heavy (non-hydrogen) atoms. The Morgan fingerprint density at radius 3 is 2.95 bits per heavy atom. The minimum atomic E-state index is 0.0385. The lowest BCUT2D eigenvalue weighted by Crippen LogP contribution is -2.32. The SMILES string of the molecule is O=C(Nc1ccc(Cc2nn[nH]n2)cc1Cl)C1CSC1. The van der Waals surface area contributed by atoms with Gasteiger partial charge in [0.1, 0.15) is 0 Å². The van der Waals surface area contributed by atoms with Crippen LogP contribution in [-0.2, 0) is 11.2 Å². The molecule has 1 aliphatic rings. The van der Waals surface area contributed by atoms with E-state index in [1.54, 1.807) is 11.8 Å². The number of amides is 1. The summed E-state index contributed by atoms with van der Waals surface area (Å²) in [5.74, 6) is 2.52. The zero-order valence-corrected chi connectivity index (χ0v) is 12.0. The van der Waals surface area contributed by atoms with E-state index in [-0.39, 0.29) is 11.8 Å². The van der Waals surface area contributed by atoms with Gasteiger partial charge in [-0.1, -0.05) is 22.9 Å². The van der Waals surface area contributed by atoms with Gasteiger partial charge in [-0.25, -0.2) is 0 Å². The quantitative estimate of drug-likeness (QED) is 0.899. The summed E-state index contributed by atoms with van der Waals surface area (Å²) in [5, 5.41) is 17.1. The number of halogens is 1. The molecular formula is C12H12ClN5OS. The van der Waals surface area contributed by atoms with Crippen molar-refractivity contribution in [2.45, 2.75) is 6.42 Å².